The van der Waals surface area contributed by atoms with Crippen molar-refractivity contribution in [1.29, 1.82) is 0 Å². The van der Waals surface area contributed by atoms with Crippen molar-refractivity contribution in [3.63, 3.8) is 0 Å². The summed E-state index contributed by atoms with van der Waals surface area (Å²) in [4.78, 5) is 16.6. The van der Waals surface area contributed by atoms with Gasteiger partial charge in [-0.05, 0) is 51.6 Å². The van der Waals surface area contributed by atoms with E-state index in [1.165, 1.54) is 5.56 Å². The van der Waals surface area contributed by atoms with Crippen molar-refractivity contribution in [2.45, 2.75) is 51.7 Å². The van der Waals surface area contributed by atoms with E-state index >= 15 is 0 Å². The van der Waals surface area contributed by atoms with Crippen LogP contribution in [0.5, 0.6) is 0 Å². The van der Waals surface area contributed by atoms with Gasteiger partial charge in [0.1, 0.15) is 0 Å². The Morgan fingerprint density at radius 3 is 2.13 bits per heavy atom. The molecule has 1 aromatic rings. The van der Waals surface area contributed by atoms with Gasteiger partial charge >= 0.3 is 0 Å². The molecule has 23 heavy (non-hydrogen) atoms. The number of carbonyl (C=O) groups excluding carboxylic acids is 1. The molecule has 1 amide bonds. The second-order valence-electron chi connectivity index (χ2n) is 7.14. The second kappa shape index (κ2) is 7.93. The average Bonchev–Trinajstić information content (AvgIpc) is 3.00. The lowest BCUT2D eigenvalue weighted by atomic mass is 9.97. The third-order valence-corrected chi connectivity index (χ3v) is 4.52. The molecule has 1 aliphatic rings. The van der Waals surface area contributed by atoms with E-state index in [1.54, 1.807) is 0 Å². The van der Waals surface area contributed by atoms with Gasteiger partial charge in [0.25, 0.3) is 5.91 Å². The fourth-order valence-corrected chi connectivity index (χ4v) is 3.58. The van der Waals surface area contributed by atoms with Crippen LogP contribution >= 0.6 is 0 Å². The number of nitrogens with zero attached hydrogens (tertiary/aromatic N) is 2. The molecule has 4 nitrogen and oxygen atoms in total. The average molecular weight is 317 g/mol. The number of benzene rings is 1. The molecule has 1 aliphatic heterocycles. The minimum absolute atomic E-state index is 0.170. The number of hydrogen-bond donors (Lipinski definition) is 1. The summed E-state index contributed by atoms with van der Waals surface area (Å²) in [6, 6.07) is 9.24. The summed E-state index contributed by atoms with van der Waals surface area (Å²) in [6.45, 7) is 8.35. The normalized spacial score (nSPS) is 17.8. The molecule has 1 saturated heterocycles. The van der Waals surface area contributed by atoms with Crippen molar-refractivity contribution in [1.82, 2.24) is 15.1 Å². The van der Waals surface area contributed by atoms with Crippen LogP contribution < -0.4 is 5.32 Å². The number of rotatable bonds is 6. The van der Waals surface area contributed by atoms with Crippen LogP contribution in [0.3, 0.4) is 0 Å². The van der Waals surface area contributed by atoms with Crippen LogP contribution in [-0.4, -0.2) is 55.0 Å². The second-order valence-corrected chi connectivity index (χ2v) is 7.14. The highest BCUT2D eigenvalue weighted by atomic mass is 16.2. The number of carbonyl (C=O) groups is 1. The Morgan fingerprint density at radius 2 is 1.65 bits per heavy atom. The van der Waals surface area contributed by atoms with Crippen LogP contribution in [0.4, 0.5) is 0 Å². The molecule has 1 fully saturated rings. The van der Waals surface area contributed by atoms with Gasteiger partial charge < -0.3 is 15.1 Å². The summed E-state index contributed by atoms with van der Waals surface area (Å²) in [6.07, 6.45) is 2.26. The number of likely N-dealkylation sites (tertiary alicyclic amines) is 1. The Balaban J connectivity index is 2.13. The number of nitrogens with one attached hydrogen (secondary N) is 1. The van der Waals surface area contributed by atoms with Crippen molar-refractivity contribution in [2.24, 2.45) is 0 Å². The number of amides is 1. The number of hydrogen-bond acceptors (Lipinski definition) is 3. The minimum Gasteiger partial charge on any atom is -0.339 e. The summed E-state index contributed by atoms with van der Waals surface area (Å²) in [7, 11) is 4.21. The third kappa shape index (κ3) is 4.55. The lowest BCUT2D eigenvalue weighted by Crippen LogP contribution is -2.42. The summed E-state index contributed by atoms with van der Waals surface area (Å²) >= 11 is 0. The van der Waals surface area contributed by atoms with E-state index in [0.29, 0.717) is 12.1 Å². The molecule has 2 rings (SSSR count). The monoisotopic (exact) mass is 317 g/mol. The van der Waals surface area contributed by atoms with Gasteiger partial charge in [0, 0.05) is 36.8 Å². The first-order valence-electron chi connectivity index (χ1n) is 8.72. The highest BCUT2D eigenvalue weighted by Crippen LogP contribution is 2.23. The van der Waals surface area contributed by atoms with Crippen LogP contribution in [0.25, 0.3) is 0 Å². The Morgan fingerprint density at radius 1 is 1.09 bits per heavy atom. The van der Waals surface area contributed by atoms with Gasteiger partial charge in [-0.2, -0.15) is 0 Å². The molecule has 0 spiro atoms. The van der Waals surface area contributed by atoms with Crippen molar-refractivity contribution < 1.29 is 4.79 Å². The molecule has 1 heterocycles. The van der Waals surface area contributed by atoms with Gasteiger partial charge in [0.2, 0.25) is 0 Å². The van der Waals surface area contributed by atoms with Crippen molar-refractivity contribution in [2.75, 3.05) is 27.2 Å². The Labute approximate surface area is 140 Å². The van der Waals surface area contributed by atoms with Gasteiger partial charge in [0.05, 0.1) is 0 Å². The Hall–Kier alpha value is -1.39. The molecule has 1 N–H and O–H groups in total. The molecule has 0 aromatic heterocycles. The maximum atomic E-state index is 12.4. The molecule has 1 aromatic carbocycles. The maximum absolute atomic E-state index is 12.4. The summed E-state index contributed by atoms with van der Waals surface area (Å²) < 4.78 is 0. The Kier molecular flexibility index (Phi) is 6.19. The zero-order valence-electron chi connectivity index (χ0n) is 15.2. The van der Waals surface area contributed by atoms with E-state index in [1.807, 2.05) is 17.0 Å². The van der Waals surface area contributed by atoms with Crippen LogP contribution in [0.15, 0.2) is 24.3 Å². The van der Waals surface area contributed by atoms with Crippen molar-refractivity contribution >= 4 is 5.91 Å². The first-order valence-corrected chi connectivity index (χ1v) is 8.72. The zero-order chi connectivity index (χ0) is 17.0. The van der Waals surface area contributed by atoms with Gasteiger partial charge in [-0.25, -0.2) is 0 Å². The summed E-state index contributed by atoms with van der Waals surface area (Å²) in [5.74, 6) is 0.170. The van der Waals surface area contributed by atoms with E-state index in [9.17, 15) is 4.79 Å². The topological polar surface area (TPSA) is 35.6 Å². The lowest BCUT2D eigenvalue weighted by molar-refractivity contribution is 0.0793. The third-order valence-electron chi connectivity index (χ3n) is 4.52. The number of likely N-dealkylation sites (N-methyl/N-ethyl adjacent to an activating group) is 1. The predicted molar refractivity (Wildman–Crippen MR) is 95.7 cm³/mol. The van der Waals surface area contributed by atoms with Crippen molar-refractivity contribution in [3.05, 3.63) is 35.4 Å². The summed E-state index contributed by atoms with van der Waals surface area (Å²) in [5.41, 5.74) is 2.05. The zero-order valence-corrected chi connectivity index (χ0v) is 15.2. The molecule has 2 atom stereocenters. The smallest absolute Gasteiger partial charge is 0.253 e. The summed E-state index contributed by atoms with van der Waals surface area (Å²) in [5, 5.41) is 3.59. The minimum atomic E-state index is 0.170. The Bertz CT molecular complexity index is 504. The van der Waals surface area contributed by atoms with Crippen LogP contribution in [0.2, 0.25) is 0 Å². The fraction of sp³-hybridized carbons (Fsp3) is 0.632. The van der Waals surface area contributed by atoms with Crippen LogP contribution in [0.1, 0.15) is 55.6 Å². The lowest BCUT2D eigenvalue weighted by Gasteiger charge is -2.32. The van der Waals surface area contributed by atoms with E-state index in [2.05, 4.69) is 57.2 Å². The highest BCUT2D eigenvalue weighted by Gasteiger charge is 2.23. The van der Waals surface area contributed by atoms with Crippen LogP contribution in [-0.2, 0) is 0 Å². The van der Waals surface area contributed by atoms with E-state index < -0.39 is 0 Å². The van der Waals surface area contributed by atoms with Crippen molar-refractivity contribution in [3.8, 4) is 0 Å². The molecule has 0 bridgehead atoms. The quantitative estimate of drug-likeness (QED) is 0.876. The standard InChI is InChI=1S/C19H31N3O/c1-14(2)20-15(3)18(21(4)5)16-8-10-17(11-9-16)19(23)22-12-6-7-13-22/h8-11,14-15,18,20H,6-7,12-13H2,1-5H3/t15-,18?/m0/s1. The van der Waals surface area contributed by atoms with Gasteiger partial charge in [-0.3, -0.25) is 4.79 Å². The van der Waals surface area contributed by atoms with Gasteiger partial charge in [-0.15, -0.1) is 0 Å². The van der Waals surface area contributed by atoms with E-state index in [-0.39, 0.29) is 11.9 Å². The molecule has 0 saturated carbocycles. The molecular formula is C19H31N3O. The molecule has 0 radical (unpaired) electrons. The van der Waals surface area contributed by atoms with E-state index in [4.69, 9.17) is 0 Å². The maximum Gasteiger partial charge on any atom is 0.253 e. The molecule has 1 unspecified atom stereocenters. The largest absolute Gasteiger partial charge is 0.339 e. The molecule has 128 valence electrons. The molecular weight excluding hydrogens is 286 g/mol. The van der Waals surface area contributed by atoms with Crippen LogP contribution in [0, 0.1) is 0 Å². The fourth-order valence-electron chi connectivity index (χ4n) is 3.58. The first kappa shape index (κ1) is 18.0. The SMILES string of the molecule is CC(C)N[C@@H](C)C(c1ccc(C(=O)N2CCCC2)cc1)N(C)C. The molecule has 4 heteroatoms. The van der Waals surface area contributed by atoms with E-state index in [0.717, 1.165) is 31.5 Å². The molecule has 0 aliphatic carbocycles. The van der Waals surface area contributed by atoms with Gasteiger partial charge in [-0.1, -0.05) is 26.0 Å². The predicted octanol–water partition coefficient (Wildman–Crippen LogP) is 2.91. The highest BCUT2D eigenvalue weighted by molar-refractivity contribution is 5.94. The first-order chi connectivity index (χ1) is 10.9. The van der Waals surface area contributed by atoms with Gasteiger partial charge in [0.15, 0.2) is 0 Å².